The molecule has 0 saturated carbocycles. The van der Waals surface area contributed by atoms with Crippen LogP contribution in [-0.2, 0) is 11.2 Å². The van der Waals surface area contributed by atoms with Crippen molar-refractivity contribution < 1.29 is 9.18 Å². The van der Waals surface area contributed by atoms with Crippen LogP contribution in [0.25, 0.3) is 0 Å². The van der Waals surface area contributed by atoms with Crippen molar-refractivity contribution >= 4 is 5.91 Å². The van der Waals surface area contributed by atoms with Crippen LogP contribution in [0.4, 0.5) is 4.39 Å². The van der Waals surface area contributed by atoms with Crippen molar-refractivity contribution in [3.63, 3.8) is 0 Å². The van der Waals surface area contributed by atoms with E-state index in [-0.39, 0.29) is 11.7 Å². The minimum absolute atomic E-state index is 0.0300. The number of hydrogen-bond acceptors (Lipinski definition) is 2. The Kier molecular flexibility index (Phi) is 3.48. The van der Waals surface area contributed by atoms with Gasteiger partial charge in [-0.3, -0.25) is 4.79 Å². The predicted octanol–water partition coefficient (Wildman–Crippen LogP) is 2.32. The van der Waals surface area contributed by atoms with E-state index in [9.17, 15) is 9.18 Å². The molecule has 0 saturated heterocycles. The first kappa shape index (κ1) is 12.8. The molecule has 0 spiro atoms. The van der Waals surface area contributed by atoms with Crippen molar-refractivity contribution in [2.75, 3.05) is 6.54 Å². The summed E-state index contributed by atoms with van der Waals surface area (Å²) in [7, 11) is 0. The Hall–Kier alpha value is -1.68. The van der Waals surface area contributed by atoms with Gasteiger partial charge in [-0.2, -0.15) is 0 Å². The fourth-order valence-corrected chi connectivity index (χ4v) is 2.11. The van der Waals surface area contributed by atoms with Crippen molar-refractivity contribution in [1.82, 2.24) is 10.4 Å². The Morgan fingerprint density at radius 3 is 2.72 bits per heavy atom. The van der Waals surface area contributed by atoms with Gasteiger partial charge in [0, 0.05) is 19.2 Å². The van der Waals surface area contributed by atoms with Gasteiger partial charge >= 0.3 is 0 Å². The van der Waals surface area contributed by atoms with E-state index in [0.717, 1.165) is 16.8 Å². The minimum atomic E-state index is -0.180. The molecule has 96 valence electrons. The molecule has 18 heavy (non-hydrogen) atoms. The third-order valence-corrected chi connectivity index (χ3v) is 3.27. The van der Waals surface area contributed by atoms with Gasteiger partial charge in [0.2, 0.25) is 5.91 Å². The van der Waals surface area contributed by atoms with Gasteiger partial charge < -0.3 is 0 Å². The molecule has 1 aliphatic heterocycles. The summed E-state index contributed by atoms with van der Waals surface area (Å²) < 4.78 is 13.5. The molecule has 1 aromatic carbocycles. The average Bonchev–Trinajstić information content (AvgIpc) is 2.66. The predicted molar refractivity (Wildman–Crippen MR) is 68.1 cm³/mol. The minimum Gasteiger partial charge on any atom is -0.273 e. The summed E-state index contributed by atoms with van der Waals surface area (Å²) in [4.78, 5) is 11.3. The number of hydrogen-bond donors (Lipinski definition) is 1. The first-order valence-electron chi connectivity index (χ1n) is 5.97. The number of hydrazine groups is 1. The second-order valence-corrected chi connectivity index (χ2v) is 4.64. The van der Waals surface area contributed by atoms with Crippen LogP contribution >= 0.6 is 0 Å². The Balaban J connectivity index is 2.19. The van der Waals surface area contributed by atoms with E-state index in [0.29, 0.717) is 18.5 Å². The molecule has 0 fully saturated rings. The maximum Gasteiger partial charge on any atom is 0.237 e. The lowest BCUT2D eigenvalue weighted by atomic mass is 10.0. The van der Waals surface area contributed by atoms with Gasteiger partial charge in [-0.25, -0.2) is 14.8 Å². The van der Waals surface area contributed by atoms with Crippen molar-refractivity contribution in [2.45, 2.75) is 27.2 Å². The fourth-order valence-electron chi connectivity index (χ4n) is 2.11. The number of rotatable bonds is 2. The van der Waals surface area contributed by atoms with E-state index in [1.807, 2.05) is 13.0 Å². The van der Waals surface area contributed by atoms with Gasteiger partial charge in [-0.05, 0) is 43.0 Å². The topological polar surface area (TPSA) is 32.3 Å². The number of allylic oxidation sites excluding steroid dienone is 1. The second kappa shape index (κ2) is 4.90. The molecule has 2 rings (SSSR count). The number of carbonyl (C=O) groups is 1. The summed E-state index contributed by atoms with van der Waals surface area (Å²) in [6, 6.07) is 5.27. The summed E-state index contributed by atoms with van der Waals surface area (Å²) in [5.74, 6) is -0.210. The highest BCUT2D eigenvalue weighted by Crippen LogP contribution is 2.20. The molecule has 1 aliphatic rings. The molecular weight excluding hydrogens is 231 g/mol. The van der Waals surface area contributed by atoms with Crippen LogP contribution in [0.1, 0.15) is 25.0 Å². The maximum atomic E-state index is 13.5. The molecule has 0 unspecified atom stereocenters. The third-order valence-electron chi connectivity index (χ3n) is 3.27. The largest absolute Gasteiger partial charge is 0.273 e. The van der Waals surface area contributed by atoms with Crippen LogP contribution in [0.15, 0.2) is 29.5 Å². The van der Waals surface area contributed by atoms with Crippen LogP contribution in [0.5, 0.6) is 0 Å². The zero-order chi connectivity index (χ0) is 13.3. The molecule has 1 amide bonds. The second-order valence-electron chi connectivity index (χ2n) is 4.64. The number of nitrogens with one attached hydrogen (secondary N) is 1. The summed E-state index contributed by atoms with van der Waals surface area (Å²) in [6.45, 7) is 5.81. The van der Waals surface area contributed by atoms with Crippen molar-refractivity contribution in [1.29, 1.82) is 0 Å². The standard InChI is InChI=1S/C14H17FN2O/c1-9-4-5-12(7-14(9)15)6-13-8-16-17(10(13)2)11(3)18/h4-5,7,16H,6,8H2,1-3H3. The smallest absolute Gasteiger partial charge is 0.237 e. The average molecular weight is 248 g/mol. The molecule has 1 heterocycles. The highest BCUT2D eigenvalue weighted by atomic mass is 19.1. The van der Waals surface area contributed by atoms with Gasteiger partial charge in [0.25, 0.3) is 0 Å². The van der Waals surface area contributed by atoms with Gasteiger partial charge in [0.05, 0.1) is 0 Å². The Morgan fingerprint density at radius 2 is 2.17 bits per heavy atom. The SMILES string of the molecule is CC(=O)N1NCC(Cc2ccc(C)c(F)c2)=C1C. The Bertz CT molecular complexity index is 523. The van der Waals surface area contributed by atoms with E-state index < -0.39 is 0 Å². The van der Waals surface area contributed by atoms with Crippen LogP contribution in [-0.4, -0.2) is 17.5 Å². The summed E-state index contributed by atoms with van der Waals surface area (Å²) in [5.41, 5.74) is 6.64. The van der Waals surface area contributed by atoms with Crippen molar-refractivity contribution in [2.24, 2.45) is 0 Å². The van der Waals surface area contributed by atoms with E-state index >= 15 is 0 Å². The maximum absolute atomic E-state index is 13.5. The quantitative estimate of drug-likeness (QED) is 0.871. The van der Waals surface area contributed by atoms with Crippen LogP contribution in [0, 0.1) is 12.7 Å². The number of halogens is 1. The molecule has 0 atom stereocenters. The third kappa shape index (κ3) is 2.43. The van der Waals surface area contributed by atoms with E-state index in [1.165, 1.54) is 6.92 Å². The van der Waals surface area contributed by atoms with Crippen LogP contribution < -0.4 is 5.43 Å². The molecule has 0 radical (unpaired) electrons. The van der Waals surface area contributed by atoms with Crippen molar-refractivity contribution in [3.8, 4) is 0 Å². The zero-order valence-electron chi connectivity index (χ0n) is 10.9. The molecule has 1 N–H and O–H groups in total. The van der Waals surface area contributed by atoms with Crippen LogP contribution in [0.3, 0.4) is 0 Å². The van der Waals surface area contributed by atoms with Crippen LogP contribution in [0.2, 0.25) is 0 Å². The van der Waals surface area contributed by atoms with E-state index in [2.05, 4.69) is 5.43 Å². The lowest BCUT2D eigenvalue weighted by Gasteiger charge is -2.14. The van der Waals surface area contributed by atoms with Gasteiger partial charge in [-0.1, -0.05) is 12.1 Å². The monoisotopic (exact) mass is 248 g/mol. The number of carbonyl (C=O) groups excluding carboxylic acids is 1. The van der Waals surface area contributed by atoms with Gasteiger partial charge in [0.1, 0.15) is 5.82 Å². The Labute approximate surface area is 106 Å². The molecule has 0 aromatic heterocycles. The Morgan fingerprint density at radius 1 is 1.44 bits per heavy atom. The number of aryl methyl sites for hydroxylation is 1. The fraction of sp³-hybridized carbons (Fsp3) is 0.357. The lowest BCUT2D eigenvalue weighted by Crippen LogP contribution is -2.35. The van der Waals surface area contributed by atoms with Crippen molar-refractivity contribution in [3.05, 3.63) is 46.4 Å². The number of nitrogens with zero attached hydrogens (tertiary/aromatic N) is 1. The highest BCUT2D eigenvalue weighted by Gasteiger charge is 2.21. The number of benzene rings is 1. The highest BCUT2D eigenvalue weighted by molar-refractivity contribution is 5.75. The zero-order valence-corrected chi connectivity index (χ0v) is 10.9. The van der Waals surface area contributed by atoms with E-state index in [1.54, 1.807) is 24.1 Å². The molecule has 3 nitrogen and oxygen atoms in total. The molecular formula is C14H17FN2O. The first-order valence-corrected chi connectivity index (χ1v) is 5.97. The lowest BCUT2D eigenvalue weighted by molar-refractivity contribution is -0.128. The number of amides is 1. The normalized spacial score (nSPS) is 15.4. The van der Waals surface area contributed by atoms with Gasteiger partial charge in [0.15, 0.2) is 0 Å². The molecule has 0 bridgehead atoms. The summed E-state index contributed by atoms with van der Waals surface area (Å²) >= 11 is 0. The molecule has 4 heteroatoms. The summed E-state index contributed by atoms with van der Waals surface area (Å²) in [6.07, 6.45) is 0.666. The first-order chi connectivity index (χ1) is 8.49. The van der Waals surface area contributed by atoms with Gasteiger partial charge in [-0.15, -0.1) is 0 Å². The molecule has 0 aliphatic carbocycles. The van der Waals surface area contributed by atoms with E-state index in [4.69, 9.17) is 0 Å². The molecule has 1 aromatic rings. The summed E-state index contributed by atoms with van der Waals surface area (Å²) in [5, 5.41) is 1.54.